The second-order valence-corrected chi connectivity index (χ2v) is 18.2. The van der Waals surface area contributed by atoms with Crippen LogP contribution in [0, 0.1) is 13.8 Å². The predicted octanol–water partition coefficient (Wildman–Crippen LogP) is 6.46. The molecule has 6 fully saturated rings. The summed E-state index contributed by atoms with van der Waals surface area (Å²) < 4.78 is 18.5. The van der Waals surface area contributed by atoms with E-state index in [9.17, 15) is 4.79 Å². The van der Waals surface area contributed by atoms with E-state index in [0.29, 0.717) is 25.3 Å². The van der Waals surface area contributed by atoms with Gasteiger partial charge >= 0.3 is 6.09 Å². The first-order chi connectivity index (χ1) is 26.5. The molecule has 55 heavy (non-hydrogen) atoms. The molecule has 1 N–H and O–H groups in total. The van der Waals surface area contributed by atoms with Gasteiger partial charge in [-0.1, -0.05) is 24.3 Å². The lowest BCUT2D eigenvalue weighted by Gasteiger charge is -2.36. The Kier molecular flexibility index (Phi) is 13.6. The van der Waals surface area contributed by atoms with Crippen LogP contribution in [-0.4, -0.2) is 139 Å². The van der Waals surface area contributed by atoms with Crippen molar-refractivity contribution in [3.8, 4) is 11.5 Å². The molecule has 10 nitrogen and oxygen atoms in total. The highest BCUT2D eigenvalue weighted by atomic mass is 16.6. The Labute approximate surface area is 331 Å². The molecule has 0 spiro atoms. The molecule has 0 unspecified atom stereocenters. The van der Waals surface area contributed by atoms with Crippen molar-refractivity contribution < 1.29 is 19.0 Å². The number of piperidine rings is 2. The first-order valence-corrected chi connectivity index (χ1v) is 21.7. The normalized spacial score (nSPS) is 22.9. The largest absolute Gasteiger partial charge is 0.490 e. The van der Waals surface area contributed by atoms with E-state index in [1.165, 1.54) is 87.0 Å². The molecule has 1 amide bonds. The fourth-order valence-electron chi connectivity index (χ4n) is 8.53. The SMILES string of the molecule is Cc1ccc(CN2CCN(C(=O)OC(C)(C)C)CC2)c(OC2CCN(C3CC3)CC2)c1.Cc1ccc(CN2CCNCC2)c(OC2CCN(C3CC3)CC2)c1. The maximum absolute atomic E-state index is 12.3. The van der Waals surface area contributed by atoms with Crippen LogP contribution in [0.2, 0.25) is 0 Å². The van der Waals surface area contributed by atoms with E-state index in [1.807, 2.05) is 25.7 Å². The smallest absolute Gasteiger partial charge is 0.410 e. The van der Waals surface area contributed by atoms with Crippen molar-refractivity contribution in [1.29, 1.82) is 0 Å². The van der Waals surface area contributed by atoms with Gasteiger partial charge in [0.25, 0.3) is 0 Å². The number of ether oxygens (including phenoxy) is 3. The first kappa shape index (κ1) is 40.3. The highest BCUT2D eigenvalue weighted by molar-refractivity contribution is 5.68. The van der Waals surface area contributed by atoms with E-state index < -0.39 is 5.60 Å². The van der Waals surface area contributed by atoms with Crippen molar-refractivity contribution in [3.63, 3.8) is 0 Å². The summed E-state index contributed by atoms with van der Waals surface area (Å²) in [6.45, 7) is 24.3. The molecular formula is C45H70N6O4. The third-order valence-corrected chi connectivity index (χ3v) is 12.1. The zero-order chi connectivity index (χ0) is 38.4. The lowest BCUT2D eigenvalue weighted by atomic mass is 10.1. The number of benzene rings is 2. The number of hydrogen-bond donors (Lipinski definition) is 1. The Balaban J connectivity index is 0.000000174. The van der Waals surface area contributed by atoms with Crippen LogP contribution in [0.5, 0.6) is 11.5 Å². The number of carbonyl (C=O) groups is 1. The molecular weight excluding hydrogens is 689 g/mol. The fraction of sp³-hybridized carbons (Fsp3) is 0.711. The summed E-state index contributed by atoms with van der Waals surface area (Å²) >= 11 is 0. The van der Waals surface area contributed by atoms with Crippen LogP contribution in [0.25, 0.3) is 0 Å². The highest BCUT2D eigenvalue weighted by Crippen LogP contribution is 2.33. The van der Waals surface area contributed by atoms with E-state index in [4.69, 9.17) is 14.2 Å². The Morgan fingerprint density at radius 3 is 1.47 bits per heavy atom. The minimum absolute atomic E-state index is 0.205. The molecule has 4 saturated heterocycles. The number of rotatable bonds is 10. The Bertz CT molecular complexity index is 1530. The summed E-state index contributed by atoms with van der Waals surface area (Å²) in [4.78, 5) is 24.4. The standard InChI is InChI=1S/C25H39N3O3.C20H31N3O/c1-19-5-6-20(18-26-13-15-28(16-14-26)24(29)31-25(2,3)4)23(17-19)30-22-9-11-27(12-10-22)21-7-8-21;1-16-2-3-17(15-22-12-8-21-9-13-22)20(14-16)24-19-6-10-23(11-7-19)18-4-5-18/h5-6,17,21-22H,7-16,18H2,1-4H3;2-3,14,18-19,21H,4-13,15H2,1H3. The van der Waals surface area contributed by atoms with Gasteiger partial charge in [-0.2, -0.15) is 0 Å². The lowest BCUT2D eigenvalue weighted by Crippen LogP contribution is -2.49. The second kappa shape index (κ2) is 18.6. The van der Waals surface area contributed by atoms with E-state index >= 15 is 0 Å². The number of amides is 1. The second-order valence-electron chi connectivity index (χ2n) is 18.2. The molecule has 0 aromatic heterocycles. The number of carbonyl (C=O) groups excluding carboxylic acids is 1. The van der Waals surface area contributed by atoms with Crippen LogP contribution in [0.1, 0.15) is 94.4 Å². The summed E-state index contributed by atoms with van der Waals surface area (Å²) in [5, 5.41) is 3.43. The molecule has 304 valence electrons. The van der Waals surface area contributed by atoms with E-state index in [0.717, 1.165) is 88.8 Å². The molecule has 2 aromatic carbocycles. The van der Waals surface area contributed by atoms with Crippen molar-refractivity contribution in [2.24, 2.45) is 0 Å². The van der Waals surface area contributed by atoms with Gasteiger partial charge in [0.05, 0.1) is 0 Å². The van der Waals surface area contributed by atoms with Crippen molar-refractivity contribution in [3.05, 3.63) is 58.7 Å². The van der Waals surface area contributed by atoms with Crippen LogP contribution >= 0.6 is 0 Å². The van der Waals surface area contributed by atoms with Gasteiger partial charge in [0.1, 0.15) is 29.3 Å². The number of hydrogen-bond acceptors (Lipinski definition) is 9. The number of likely N-dealkylation sites (tertiary alicyclic amines) is 2. The predicted molar refractivity (Wildman–Crippen MR) is 220 cm³/mol. The molecule has 6 aliphatic rings. The van der Waals surface area contributed by atoms with Crippen LogP contribution < -0.4 is 14.8 Å². The van der Waals surface area contributed by atoms with Gasteiger partial charge < -0.3 is 34.2 Å². The summed E-state index contributed by atoms with van der Waals surface area (Å²) in [5.74, 6) is 2.16. The van der Waals surface area contributed by atoms with Crippen LogP contribution in [0.3, 0.4) is 0 Å². The molecule has 8 rings (SSSR count). The van der Waals surface area contributed by atoms with Crippen molar-refractivity contribution in [2.45, 2.75) is 129 Å². The third-order valence-electron chi connectivity index (χ3n) is 12.1. The zero-order valence-electron chi connectivity index (χ0n) is 34.7. The molecule has 0 atom stereocenters. The van der Waals surface area contributed by atoms with Crippen LogP contribution in [-0.2, 0) is 17.8 Å². The summed E-state index contributed by atoms with van der Waals surface area (Å²) in [7, 11) is 0. The number of nitrogens with one attached hydrogen (secondary N) is 1. The minimum atomic E-state index is -0.447. The molecule has 2 saturated carbocycles. The van der Waals surface area contributed by atoms with Gasteiger partial charge in [-0.05, 0) is 109 Å². The number of piperazine rings is 2. The van der Waals surface area contributed by atoms with Gasteiger partial charge in [-0.3, -0.25) is 9.80 Å². The van der Waals surface area contributed by atoms with Crippen molar-refractivity contribution in [1.82, 2.24) is 29.8 Å². The van der Waals surface area contributed by atoms with Gasteiger partial charge in [-0.15, -0.1) is 0 Å². The summed E-state index contributed by atoms with van der Waals surface area (Å²) in [6, 6.07) is 15.1. The minimum Gasteiger partial charge on any atom is -0.490 e. The Morgan fingerprint density at radius 2 is 1.05 bits per heavy atom. The molecule has 10 heteroatoms. The van der Waals surface area contributed by atoms with Gasteiger partial charge in [0.15, 0.2) is 0 Å². The zero-order valence-corrected chi connectivity index (χ0v) is 34.7. The third kappa shape index (κ3) is 12.3. The van der Waals surface area contributed by atoms with Gasteiger partial charge in [-0.25, -0.2) is 4.79 Å². The van der Waals surface area contributed by atoms with Crippen LogP contribution in [0.4, 0.5) is 4.79 Å². The Morgan fingerprint density at radius 1 is 0.618 bits per heavy atom. The van der Waals surface area contributed by atoms with Gasteiger partial charge in [0.2, 0.25) is 0 Å². The maximum Gasteiger partial charge on any atom is 0.410 e. The average Bonchev–Trinajstić information content (AvgIpc) is 4.10. The molecule has 2 aromatic rings. The molecule has 2 aliphatic carbocycles. The average molecular weight is 759 g/mol. The number of nitrogens with zero attached hydrogens (tertiary/aromatic N) is 5. The van der Waals surface area contributed by atoms with Crippen LogP contribution in [0.15, 0.2) is 36.4 Å². The number of aryl methyl sites for hydroxylation is 2. The summed E-state index contributed by atoms with van der Waals surface area (Å²) in [5.41, 5.74) is 4.69. The molecule has 0 radical (unpaired) electrons. The quantitative estimate of drug-likeness (QED) is 0.294. The first-order valence-electron chi connectivity index (χ1n) is 21.7. The highest BCUT2D eigenvalue weighted by Gasteiger charge is 2.34. The van der Waals surface area contributed by atoms with Crippen molar-refractivity contribution in [2.75, 3.05) is 78.5 Å². The fourth-order valence-corrected chi connectivity index (χ4v) is 8.53. The van der Waals surface area contributed by atoms with E-state index in [1.54, 1.807) is 0 Å². The molecule has 4 aliphatic heterocycles. The van der Waals surface area contributed by atoms with E-state index in [-0.39, 0.29) is 6.09 Å². The summed E-state index contributed by atoms with van der Waals surface area (Å²) in [6.07, 6.45) is 10.7. The van der Waals surface area contributed by atoms with E-state index in [2.05, 4.69) is 75.2 Å². The molecule has 4 heterocycles. The maximum atomic E-state index is 12.3. The lowest BCUT2D eigenvalue weighted by molar-refractivity contribution is 0.0137. The van der Waals surface area contributed by atoms with Gasteiger partial charge in [0, 0.05) is 115 Å². The van der Waals surface area contributed by atoms with Crippen molar-refractivity contribution >= 4 is 6.09 Å². The topological polar surface area (TPSA) is 73.0 Å². The Hall–Kier alpha value is -2.89. The molecule has 0 bridgehead atoms. The monoisotopic (exact) mass is 759 g/mol.